The SMILES string of the molecule is N=C(N)SCC(O)CF. The van der Waals surface area contributed by atoms with E-state index in [1.165, 1.54) is 0 Å². The van der Waals surface area contributed by atoms with Crippen molar-refractivity contribution < 1.29 is 9.50 Å². The van der Waals surface area contributed by atoms with Gasteiger partial charge < -0.3 is 10.8 Å². The number of rotatable bonds is 3. The molecule has 0 saturated heterocycles. The zero-order valence-electron chi connectivity index (χ0n) is 4.80. The van der Waals surface area contributed by atoms with E-state index in [9.17, 15) is 4.39 Å². The van der Waals surface area contributed by atoms with Crippen LogP contribution in [0.1, 0.15) is 0 Å². The Hall–Kier alpha value is -0.290. The van der Waals surface area contributed by atoms with E-state index in [4.69, 9.17) is 16.2 Å². The molecule has 0 spiro atoms. The molecule has 0 aromatic heterocycles. The lowest BCUT2D eigenvalue weighted by atomic mass is 10.5. The monoisotopic (exact) mass is 152 g/mol. The number of aliphatic hydroxyl groups is 1. The third-order valence-electron chi connectivity index (χ3n) is 0.609. The summed E-state index contributed by atoms with van der Waals surface area (Å²) in [4.78, 5) is 0. The minimum atomic E-state index is -0.987. The lowest BCUT2D eigenvalue weighted by Crippen LogP contribution is -2.15. The number of hydrogen-bond acceptors (Lipinski definition) is 3. The van der Waals surface area contributed by atoms with Crippen LogP contribution >= 0.6 is 11.8 Å². The van der Waals surface area contributed by atoms with Crippen molar-refractivity contribution in [2.75, 3.05) is 12.4 Å². The number of amidine groups is 1. The van der Waals surface area contributed by atoms with Gasteiger partial charge in [0, 0.05) is 5.75 Å². The van der Waals surface area contributed by atoms with Crippen LogP contribution in [0, 0.1) is 5.41 Å². The maximum absolute atomic E-state index is 11.5. The van der Waals surface area contributed by atoms with Crippen molar-refractivity contribution in [3.63, 3.8) is 0 Å². The molecule has 0 aromatic rings. The normalized spacial score (nSPS) is 13.1. The van der Waals surface area contributed by atoms with Crippen molar-refractivity contribution in [3.05, 3.63) is 0 Å². The van der Waals surface area contributed by atoms with Crippen molar-refractivity contribution in [1.29, 1.82) is 5.41 Å². The number of nitrogens with two attached hydrogens (primary N) is 1. The lowest BCUT2D eigenvalue weighted by Gasteiger charge is -2.02. The average Bonchev–Trinajstić information content (AvgIpc) is 1.83. The topological polar surface area (TPSA) is 70.1 Å². The first-order chi connectivity index (χ1) is 4.16. The van der Waals surface area contributed by atoms with Crippen LogP contribution in [0.15, 0.2) is 0 Å². The molecular weight excluding hydrogens is 143 g/mol. The first-order valence-electron chi connectivity index (χ1n) is 2.37. The van der Waals surface area contributed by atoms with Gasteiger partial charge in [0.2, 0.25) is 0 Å². The molecule has 0 bridgehead atoms. The van der Waals surface area contributed by atoms with Crippen molar-refractivity contribution in [2.45, 2.75) is 6.10 Å². The van der Waals surface area contributed by atoms with Crippen LogP contribution in [0.3, 0.4) is 0 Å². The standard InChI is InChI=1S/C4H9FN2OS/c5-1-3(8)2-9-4(6)7/h3,8H,1-2H2,(H3,6,7). The summed E-state index contributed by atoms with van der Waals surface area (Å²) in [5.74, 6) is 0.159. The summed E-state index contributed by atoms with van der Waals surface area (Å²) in [6.45, 7) is -0.777. The van der Waals surface area contributed by atoms with Crippen molar-refractivity contribution in [1.82, 2.24) is 0 Å². The Balaban J connectivity index is 3.16. The zero-order valence-corrected chi connectivity index (χ0v) is 5.62. The molecule has 0 heterocycles. The Kier molecular flexibility index (Phi) is 4.43. The van der Waals surface area contributed by atoms with Gasteiger partial charge in [0.05, 0.1) is 6.10 Å². The van der Waals surface area contributed by atoms with Gasteiger partial charge in [0.15, 0.2) is 5.17 Å². The number of alkyl halides is 1. The molecule has 4 N–H and O–H groups in total. The Morgan fingerprint density at radius 3 is 2.78 bits per heavy atom. The van der Waals surface area contributed by atoms with Gasteiger partial charge in [-0.25, -0.2) is 4.39 Å². The molecule has 1 atom stereocenters. The smallest absolute Gasteiger partial charge is 0.151 e. The number of aliphatic hydroxyl groups excluding tert-OH is 1. The van der Waals surface area contributed by atoms with E-state index in [1.54, 1.807) is 0 Å². The number of nitrogens with one attached hydrogen (secondary N) is 1. The molecule has 0 rings (SSSR count). The van der Waals surface area contributed by atoms with E-state index in [0.717, 1.165) is 11.8 Å². The maximum Gasteiger partial charge on any atom is 0.151 e. The van der Waals surface area contributed by atoms with Crippen LogP contribution in [0.2, 0.25) is 0 Å². The van der Waals surface area contributed by atoms with Crippen LogP contribution in [0.4, 0.5) is 4.39 Å². The highest BCUT2D eigenvalue weighted by Crippen LogP contribution is 2.00. The largest absolute Gasteiger partial charge is 0.390 e. The van der Waals surface area contributed by atoms with Crippen LogP contribution < -0.4 is 5.73 Å². The molecule has 0 saturated carbocycles. The first kappa shape index (κ1) is 8.71. The van der Waals surface area contributed by atoms with Gasteiger partial charge in [-0.15, -0.1) is 0 Å². The van der Waals surface area contributed by atoms with E-state index >= 15 is 0 Å². The Bertz CT molecular complexity index is 101. The molecule has 5 heteroatoms. The van der Waals surface area contributed by atoms with Crippen LogP contribution in [0.5, 0.6) is 0 Å². The summed E-state index contributed by atoms with van der Waals surface area (Å²) >= 11 is 0.935. The summed E-state index contributed by atoms with van der Waals surface area (Å²) in [6.07, 6.45) is -0.987. The molecule has 0 aliphatic rings. The first-order valence-corrected chi connectivity index (χ1v) is 3.36. The number of hydrogen-bond donors (Lipinski definition) is 3. The molecular formula is C4H9FN2OS. The minimum absolute atomic E-state index is 0.0949. The van der Waals surface area contributed by atoms with Crippen LogP contribution in [-0.4, -0.2) is 28.8 Å². The molecule has 1 unspecified atom stereocenters. The fourth-order valence-corrected chi connectivity index (χ4v) is 0.692. The van der Waals surface area contributed by atoms with Gasteiger partial charge in [-0.3, -0.25) is 5.41 Å². The second-order valence-electron chi connectivity index (χ2n) is 1.48. The number of halogens is 1. The van der Waals surface area contributed by atoms with Gasteiger partial charge >= 0.3 is 0 Å². The van der Waals surface area contributed by atoms with Crippen molar-refractivity contribution >= 4 is 16.9 Å². The summed E-state index contributed by atoms with van der Waals surface area (Å²) in [6, 6.07) is 0. The van der Waals surface area contributed by atoms with Crippen molar-refractivity contribution in [3.8, 4) is 0 Å². The van der Waals surface area contributed by atoms with Gasteiger partial charge in [-0.2, -0.15) is 0 Å². The third-order valence-corrected chi connectivity index (χ3v) is 1.47. The van der Waals surface area contributed by atoms with Gasteiger partial charge in [0.25, 0.3) is 0 Å². The Labute approximate surface area is 56.9 Å². The average molecular weight is 152 g/mol. The molecule has 0 aromatic carbocycles. The summed E-state index contributed by atoms with van der Waals surface area (Å²) in [5, 5.41) is 15.1. The molecule has 0 fully saturated rings. The maximum atomic E-state index is 11.5. The molecule has 0 aliphatic carbocycles. The minimum Gasteiger partial charge on any atom is -0.390 e. The molecule has 9 heavy (non-hydrogen) atoms. The molecule has 0 amide bonds. The molecule has 3 nitrogen and oxygen atoms in total. The Morgan fingerprint density at radius 1 is 1.89 bits per heavy atom. The highest BCUT2D eigenvalue weighted by molar-refractivity contribution is 8.13. The Morgan fingerprint density at radius 2 is 2.44 bits per heavy atom. The zero-order chi connectivity index (χ0) is 7.28. The third kappa shape index (κ3) is 5.58. The highest BCUT2D eigenvalue weighted by atomic mass is 32.2. The van der Waals surface area contributed by atoms with E-state index < -0.39 is 12.8 Å². The second kappa shape index (κ2) is 4.58. The molecule has 54 valence electrons. The lowest BCUT2D eigenvalue weighted by molar-refractivity contribution is 0.162. The molecule has 0 aliphatic heterocycles. The van der Waals surface area contributed by atoms with Crippen molar-refractivity contribution in [2.24, 2.45) is 5.73 Å². The van der Waals surface area contributed by atoms with Gasteiger partial charge in [-0.1, -0.05) is 11.8 Å². The fraction of sp³-hybridized carbons (Fsp3) is 0.750. The second-order valence-corrected chi connectivity index (χ2v) is 2.55. The highest BCUT2D eigenvalue weighted by Gasteiger charge is 2.02. The quantitative estimate of drug-likeness (QED) is 0.392. The summed E-state index contributed by atoms with van der Waals surface area (Å²) in [7, 11) is 0. The number of thioether (sulfide) groups is 1. The van der Waals surface area contributed by atoms with E-state index in [-0.39, 0.29) is 10.9 Å². The predicted octanol–water partition coefficient (Wildman–Crippen LogP) is -0.0565. The predicted molar refractivity (Wildman–Crippen MR) is 36.4 cm³/mol. The van der Waals surface area contributed by atoms with Crippen LogP contribution in [-0.2, 0) is 0 Å². The molecule has 0 radical (unpaired) electrons. The van der Waals surface area contributed by atoms with Gasteiger partial charge in [-0.05, 0) is 0 Å². The fourth-order valence-electron chi connectivity index (χ4n) is 0.231. The van der Waals surface area contributed by atoms with Gasteiger partial charge in [0.1, 0.15) is 6.67 Å². The summed E-state index contributed by atoms with van der Waals surface area (Å²) in [5.41, 5.74) is 4.91. The van der Waals surface area contributed by atoms with E-state index in [0.29, 0.717) is 0 Å². The van der Waals surface area contributed by atoms with E-state index in [1.807, 2.05) is 0 Å². The summed E-state index contributed by atoms with van der Waals surface area (Å²) < 4.78 is 11.5. The van der Waals surface area contributed by atoms with Crippen LogP contribution in [0.25, 0.3) is 0 Å². The van der Waals surface area contributed by atoms with E-state index in [2.05, 4.69) is 0 Å².